The molecule has 1 heterocycles. The molecule has 1 aliphatic heterocycles. The molecule has 1 saturated heterocycles. The number of guanidine groups is 1. The van der Waals surface area contributed by atoms with Crippen LogP contribution in [0.25, 0.3) is 0 Å². The SMILES string of the molecule is CN=C(NCC(C)C(=O)OC)NC1CCN(C(=O)C2CCCC2)C1. The number of aliphatic imine (C=N–C) groups is 1. The van der Waals surface area contributed by atoms with Crippen molar-refractivity contribution in [1.82, 2.24) is 15.5 Å². The van der Waals surface area contributed by atoms with E-state index in [9.17, 15) is 9.59 Å². The summed E-state index contributed by atoms with van der Waals surface area (Å²) in [5.74, 6) is 0.733. The lowest BCUT2D eigenvalue weighted by atomic mass is 10.1. The van der Waals surface area contributed by atoms with Crippen molar-refractivity contribution in [3.8, 4) is 0 Å². The van der Waals surface area contributed by atoms with Gasteiger partial charge in [-0.1, -0.05) is 19.8 Å². The maximum atomic E-state index is 12.5. The average molecular weight is 338 g/mol. The van der Waals surface area contributed by atoms with E-state index in [1.54, 1.807) is 7.05 Å². The highest BCUT2D eigenvalue weighted by molar-refractivity contribution is 5.82. The lowest BCUT2D eigenvalue weighted by Gasteiger charge is -2.22. The second kappa shape index (κ2) is 8.89. The molecule has 2 unspecified atom stereocenters. The molecule has 24 heavy (non-hydrogen) atoms. The molecule has 1 aliphatic carbocycles. The molecule has 2 atom stereocenters. The van der Waals surface area contributed by atoms with Gasteiger partial charge in [0.2, 0.25) is 5.91 Å². The summed E-state index contributed by atoms with van der Waals surface area (Å²) in [4.78, 5) is 30.1. The van der Waals surface area contributed by atoms with Gasteiger partial charge >= 0.3 is 5.97 Å². The number of hydrogen-bond acceptors (Lipinski definition) is 4. The molecular weight excluding hydrogens is 308 g/mol. The van der Waals surface area contributed by atoms with Gasteiger partial charge in [0.05, 0.1) is 13.0 Å². The maximum absolute atomic E-state index is 12.5. The fourth-order valence-corrected chi connectivity index (χ4v) is 3.43. The van der Waals surface area contributed by atoms with Gasteiger partial charge in [-0.3, -0.25) is 14.6 Å². The van der Waals surface area contributed by atoms with Crippen LogP contribution in [0.3, 0.4) is 0 Å². The van der Waals surface area contributed by atoms with Crippen molar-refractivity contribution in [2.75, 3.05) is 33.8 Å². The Morgan fingerprint density at radius 1 is 1.29 bits per heavy atom. The minimum absolute atomic E-state index is 0.204. The highest BCUT2D eigenvalue weighted by Gasteiger charge is 2.32. The molecule has 0 aromatic carbocycles. The summed E-state index contributed by atoms with van der Waals surface area (Å²) < 4.78 is 4.72. The molecule has 0 radical (unpaired) electrons. The number of amides is 1. The lowest BCUT2D eigenvalue weighted by molar-refractivity contribution is -0.144. The van der Waals surface area contributed by atoms with E-state index in [0.717, 1.165) is 32.4 Å². The minimum atomic E-state index is -0.243. The first-order valence-corrected chi connectivity index (χ1v) is 8.89. The van der Waals surface area contributed by atoms with Crippen LogP contribution in [0.4, 0.5) is 0 Å². The second-order valence-corrected chi connectivity index (χ2v) is 6.77. The van der Waals surface area contributed by atoms with E-state index in [-0.39, 0.29) is 23.8 Å². The zero-order chi connectivity index (χ0) is 17.5. The van der Waals surface area contributed by atoms with Crippen LogP contribution in [-0.4, -0.2) is 62.6 Å². The Bertz CT molecular complexity index is 474. The predicted molar refractivity (Wildman–Crippen MR) is 92.6 cm³/mol. The summed E-state index contributed by atoms with van der Waals surface area (Å²) >= 11 is 0. The maximum Gasteiger partial charge on any atom is 0.310 e. The summed E-state index contributed by atoms with van der Waals surface area (Å²) in [5, 5.41) is 6.49. The van der Waals surface area contributed by atoms with E-state index < -0.39 is 0 Å². The van der Waals surface area contributed by atoms with Crippen LogP contribution in [0, 0.1) is 11.8 Å². The third kappa shape index (κ3) is 4.85. The van der Waals surface area contributed by atoms with Gasteiger partial charge in [-0.2, -0.15) is 0 Å². The number of carbonyl (C=O) groups excluding carboxylic acids is 2. The third-order valence-electron chi connectivity index (χ3n) is 4.95. The van der Waals surface area contributed by atoms with Crippen LogP contribution in [0.2, 0.25) is 0 Å². The number of nitrogens with one attached hydrogen (secondary N) is 2. The van der Waals surface area contributed by atoms with E-state index in [1.165, 1.54) is 20.0 Å². The molecule has 136 valence electrons. The quantitative estimate of drug-likeness (QED) is 0.439. The Kier molecular flexibility index (Phi) is 6.87. The highest BCUT2D eigenvalue weighted by Crippen LogP contribution is 2.27. The number of methoxy groups -OCH3 is 1. The number of carbonyl (C=O) groups is 2. The molecule has 2 aliphatic rings. The van der Waals surface area contributed by atoms with Crippen molar-refractivity contribution in [1.29, 1.82) is 0 Å². The number of likely N-dealkylation sites (tertiary alicyclic amines) is 1. The molecule has 1 saturated carbocycles. The number of nitrogens with zero attached hydrogens (tertiary/aromatic N) is 2. The van der Waals surface area contributed by atoms with Crippen LogP contribution in [0.5, 0.6) is 0 Å². The van der Waals surface area contributed by atoms with Crippen LogP contribution in [-0.2, 0) is 14.3 Å². The van der Waals surface area contributed by atoms with Crippen LogP contribution >= 0.6 is 0 Å². The van der Waals surface area contributed by atoms with Gasteiger partial charge in [-0.15, -0.1) is 0 Å². The molecule has 0 aromatic rings. The first-order valence-electron chi connectivity index (χ1n) is 8.89. The summed E-state index contributed by atoms with van der Waals surface area (Å²) in [6, 6.07) is 0.204. The molecule has 0 aromatic heterocycles. The molecule has 7 nitrogen and oxygen atoms in total. The van der Waals surface area contributed by atoms with Crippen molar-refractivity contribution in [2.24, 2.45) is 16.8 Å². The van der Waals surface area contributed by atoms with Gasteiger partial charge in [0.15, 0.2) is 5.96 Å². The van der Waals surface area contributed by atoms with E-state index in [1.807, 2.05) is 11.8 Å². The van der Waals surface area contributed by atoms with Crippen LogP contribution < -0.4 is 10.6 Å². The molecule has 0 bridgehead atoms. The van der Waals surface area contributed by atoms with Crippen molar-refractivity contribution >= 4 is 17.8 Å². The Hall–Kier alpha value is -1.79. The van der Waals surface area contributed by atoms with Crippen LogP contribution in [0.15, 0.2) is 4.99 Å². The normalized spacial score (nSPS) is 23.2. The fraction of sp³-hybridized carbons (Fsp3) is 0.824. The predicted octanol–water partition coefficient (Wildman–Crippen LogP) is 0.752. The van der Waals surface area contributed by atoms with E-state index in [2.05, 4.69) is 15.6 Å². The van der Waals surface area contributed by atoms with E-state index >= 15 is 0 Å². The van der Waals surface area contributed by atoms with Gasteiger partial charge < -0.3 is 20.3 Å². The van der Waals surface area contributed by atoms with Gasteiger partial charge in [-0.25, -0.2) is 0 Å². The fourth-order valence-electron chi connectivity index (χ4n) is 3.43. The molecule has 0 spiro atoms. The molecule has 2 fully saturated rings. The van der Waals surface area contributed by atoms with Crippen LogP contribution in [0.1, 0.15) is 39.0 Å². The van der Waals surface area contributed by atoms with Crippen molar-refractivity contribution in [2.45, 2.75) is 45.1 Å². The number of hydrogen-bond donors (Lipinski definition) is 2. The van der Waals surface area contributed by atoms with E-state index in [0.29, 0.717) is 18.4 Å². The third-order valence-corrected chi connectivity index (χ3v) is 4.95. The molecule has 7 heteroatoms. The Labute approximate surface area is 144 Å². The largest absolute Gasteiger partial charge is 0.469 e. The number of ether oxygens (including phenoxy) is 1. The lowest BCUT2D eigenvalue weighted by Crippen LogP contribution is -2.47. The molecule has 2 rings (SSSR count). The summed E-state index contributed by atoms with van der Waals surface area (Å²) in [7, 11) is 3.09. The topological polar surface area (TPSA) is 83.0 Å². The second-order valence-electron chi connectivity index (χ2n) is 6.77. The van der Waals surface area contributed by atoms with Crippen molar-refractivity contribution in [3.05, 3.63) is 0 Å². The molecule has 2 N–H and O–H groups in total. The standard InChI is InChI=1S/C17H30N4O3/c1-12(16(23)24-3)10-19-17(18-2)20-14-8-9-21(11-14)15(22)13-6-4-5-7-13/h12-14H,4-11H2,1-3H3,(H2,18,19,20). The molecular formula is C17H30N4O3. The number of esters is 1. The van der Waals surface area contributed by atoms with E-state index in [4.69, 9.17) is 4.74 Å². The Morgan fingerprint density at radius 3 is 2.62 bits per heavy atom. The summed E-state index contributed by atoms with van der Waals surface area (Å²) in [6.45, 7) is 3.80. The van der Waals surface area contributed by atoms with Crippen molar-refractivity contribution < 1.29 is 14.3 Å². The zero-order valence-corrected chi connectivity index (χ0v) is 15.0. The zero-order valence-electron chi connectivity index (χ0n) is 15.0. The first kappa shape index (κ1) is 18.5. The smallest absolute Gasteiger partial charge is 0.310 e. The summed E-state index contributed by atoms with van der Waals surface area (Å²) in [5.41, 5.74) is 0. The minimum Gasteiger partial charge on any atom is -0.469 e. The van der Waals surface area contributed by atoms with Gasteiger partial charge in [-0.05, 0) is 19.3 Å². The first-order chi connectivity index (χ1) is 11.5. The Morgan fingerprint density at radius 2 is 2.00 bits per heavy atom. The monoisotopic (exact) mass is 338 g/mol. The van der Waals surface area contributed by atoms with Gasteiger partial charge in [0, 0.05) is 38.6 Å². The van der Waals surface area contributed by atoms with Gasteiger partial charge in [0.1, 0.15) is 0 Å². The molecule has 1 amide bonds. The number of rotatable bonds is 5. The van der Waals surface area contributed by atoms with Crippen molar-refractivity contribution in [3.63, 3.8) is 0 Å². The van der Waals surface area contributed by atoms with Gasteiger partial charge in [0.25, 0.3) is 0 Å². The Balaban J connectivity index is 1.76. The summed E-state index contributed by atoms with van der Waals surface area (Å²) in [6.07, 6.45) is 5.37. The highest BCUT2D eigenvalue weighted by atomic mass is 16.5. The average Bonchev–Trinajstić information content (AvgIpc) is 3.28.